The summed E-state index contributed by atoms with van der Waals surface area (Å²) in [6, 6.07) is 0. The summed E-state index contributed by atoms with van der Waals surface area (Å²) in [5, 5.41) is 7.67. The molecule has 0 aromatic heterocycles. The molecule has 0 aromatic carbocycles. The van der Waals surface area contributed by atoms with E-state index in [9.17, 15) is 123 Å². The number of aliphatic hydroxyl groups is 1. The molecule has 0 amide bonds. The first-order valence-electron chi connectivity index (χ1n) is 10.1. The van der Waals surface area contributed by atoms with Crippen molar-refractivity contribution in [3.05, 3.63) is 12.7 Å². The van der Waals surface area contributed by atoms with E-state index in [1.165, 1.54) is 0 Å². The third-order valence-corrected chi connectivity index (χ3v) is 4.19. The van der Waals surface area contributed by atoms with Gasteiger partial charge in [0.2, 0.25) is 0 Å². The summed E-state index contributed by atoms with van der Waals surface area (Å²) in [6.45, 7) is -4.26. The molecule has 0 rings (SSSR count). The minimum Gasteiger partial charge on any atom is -0.870 e. The molecule has 0 aliphatic carbocycles. The van der Waals surface area contributed by atoms with E-state index >= 15 is 0 Å². The predicted octanol–water partition coefficient (Wildman–Crippen LogP) is 6.24. The first-order chi connectivity index (χ1) is 20.5. The fourth-order valence-corrected chi connectivity index (χ4v) is 1.64. The van der Waals surface area contributed by atoms with Gasteiger partial charge in [-0.3, -0.25) is 4.74 Å². The van der Waals surface area contributed by atoms with Gasteiger partial charge < -0.3 is 15.3 Å². The maximum atomic E-state index is 12.9. The van der Waals surface area contributed by atoms with Crippen molar-refractivity contribution in [2.24, 2.45) is 0 Å². The normalized spacial score (nSPS) is 14.9. The minimum atomic E-state index is -7.35. The molecule has 0 aliphatic rings. The van der Waals surface area contributed by atoms with Gasteiger partial charge in [-0.15, -0.1) is 0 Å². The van der Waals surface area contributed by atoms with Crippen LogP contribution in [-0.4, -0.2) is 103 Å². The summed E-state index contributed by atoms with van der Waals surface area (Å²) in [4.78, 5) is 0. The molecule has 0 aliphatic heterocycles. The van der Waals surface area contributed by atoms with Crippen molar-refractivity contribution in [1.29, 1.82) is 0 Å². The number of ether oxygens (including phenoxy) is 2. The van der Waals surface area contributed by atoms with Gasteiger partial charge in [0, 0.05) is 0 Å². The van der Waals surface area contributed by atoms with Crippen molar-refractivity contribution in [2.45, 2.75) is 79.1 Å². The second-order valence-corrected chi connectivity index (χ2v) is 7.78. The zero-order valence-electron chi connectivity index (χ0n) is 22.6. The Balaban J connectivity index is -0.000000281. The van der Waals surface area contributed by atoms with Gasteiger partial charge in [-0.1, -0.05) is 0 Å². The number of aliphatic hydroxyl groups excluding tert-OH is 1. The third-order valence-electron chi connectivity index (χ3n) is 4.19. The van der Waals surface area contributed by atoms with Crippen LogP contribution >= 0.6 is 0 Å². The van der Waals surface area contributed by atoms with Crippen LogP contribution in [0.25, 0.3) is 0 Å². The van der Waals surface area contributed by atoms with E-state index in [1.54, 1.807) is 4.74 Å². The van der Waals surface area contributed by atoms with Crippen molar-refractivity contribution in [2.75, 3.05) is 13.2 Å². The van der Waals surface area contributed by atoms with E-state index in [0.29, 0.717) is 0 Å². The smallest absolute Gasteiger partial charge is 0.870 e. The molecule has 2 N–H and O–H groups in total. The monoisotopic (exact) mass is 850 g/mol. The number of halogens is 28. The van der Waals surface area contributed by atoms with Gasteiger partial charge in [-0.2, -0.15) is 101 Å². The second-order valence-electron chi connectivity index (χ2n) is 7.78. The molecule has 0 aromatic rings. The predicted molar refractivity (Wildman–Crippen MR) is 94.9 cm³/mol. The van der Waals surface area contributed by atoms with Crippen LogP contribution in [-0.2, 0) is 9.47 Å². The first-order valence-corrected chi connectivity index (χ1v) is 10.1. The quantitative estimate of drug-likeness (QED) is 0.166. The molecule has 0 fully saturated rings. The van der Waals surface area contributed by atoms with Gasteiger partial charge in [0.1, 0.15) is 13.2 Å². The fourth-order valence-electron chi connectivity index (χ4n) is 1.64. The average molecular weight is 850 g/mol. The molecule has 0 spiro atoms. The van der Waals surface area contributed by atoms with E-state index in [4.69, 9.17) is 5.11 Å². The molecule has 33 heteroatoms. The third kappa shape index (κ3) is 13.6. The second kappa shape index (κ2) is 19.0. The van der Waals surface area contributed by atoms with Gasteiger partial charge in [0.15, 0.2) is 0 Å². The molecule has 0 saturated heterocycles. The van der Waals surface area contributed by atoms with Gasteiger partial charge in [-0.25, -0.2) is 22.0 Å². The SMILES string of the molecule is C=C(F)F.FC(OC(F)(F)C(F)(F)C(F)(F)F)C(F)(F)OCC(F)(F)C(F)(F)C(F)(F)C(F)F.OCC(F)(F)C(F)(F)C(F)(F)C(F)F.[K+].[OH-]. The molecule has 0 radical (unpaired) electrons. The topological polar surface area (TPSA) is 68.7 Å². The average Bonchev–Trinajstić information content (AvgIpc) is 2.85. The van der Waals surface area contributed by atoms with Crippen LogP contribution < -0.4 is 51.4 Å². The Morgan fingerprint density at radius 1 is 0.560 bits per heavy atom. The Hall–Kier alpha value is -0.744. The number of hydrogen-bond donors (Lipinski definition) is 1. The summed E-state index contributed by atoms with van der Waals surface area (Å²) < 4.78 is 343. The van der Waals surface area contributed by atoms with Crippen molar-refractivity contribution in [1.82, 2.24) is 0 Å². The van der Waals surface area contributed by atoms with Crippen molar-refractivity contribution in [3.63, 3.8) is 0 Å². The molecule has 300 valence electrons. The zero-order valence-corrected chi connectivity index (χ0v) is 25.8. The van der Waals surface area contributed by atoms with E-state index in [2.05, 4.69) is 11.3 Å². The summed E-state index contributed by atoms with van der Waals surface area (Å²) in [6.07, 6.45) is -38.6. The van der Waals surface area contributed by atoms with Crippen LogP contribution in [0.5, 0.6) is 0 Å². The van der Waals surface area contributed by atoms with Gasteiger partial charge in [0.05, 0.1) is 0 Å². The van der Waals surface area contributed by atoms with Crippen LogP contribution in [0.2, 0.25) is 0 Å². The summed E-state index contributed by atoms with van der Waals surface area (Å²) in [7, 11) is 0. The first kappa shape index (κ1) is 58.6. The Kier molecular flexibility index (Phi) is 22.3. The molecule has 4 nitrogen and oxygen atoms in total. The van der Waals surface area contributed by atoms with Crippen LogP contribution in [0.15, 0.2) is 12.7 Å². The van der Waals surface area contributed by atoms with Gasteiger partial charge in [0.25, 0.3) is 12.4 Å². The van der Waals surface area contributed by atoms with Crippen LogP contribution in [0, 0.1) is 0 Å². The minimum absolute atomic E-state index is 0. The summed E-state index contributed by atoms with van der Waals surface area (Å²) in [5.41, 5.74) is 0. The molecular formula is C17H11F28KO4. The van der Waals surface area contributed by atoms with E-state index in [1.807, 2.05) is 0 Å². The fraction of sp³-hybridized carbons (Fsp3) is 0.882. The van der Waals surface area contributed by atoms with Crippen molar-refractivity contribution >= 4 is 0 Å². The Labute approximate surface area is 298 Å². The Bertz CT molecular complexity index is 1010. The van der Waals surface area contributed by atoms with Crippen molar-refractivity contribution < 1.29 is 194 Å². The van der Waals surface area contributed by atoms with E-state index < -0.39 is 98.4 Å². The van der Waals surface area contributed by atoms with Crippen LogP contribution in [0.3, 0.4) is 0 Å². The molecule has 1 atom stereocenters. The maximum absolute atomic E-state index is 12.9. The summed E-state index contributed by atoms with van der Waals surface area (Å²) >= 11 is 0. The number of alkyl halides is 26. The Morgan fingerprint density at radius 3 is 1.08 bits per heavy atom. The molecule has 0 heterocycles. The van der Waals surface area contributed by atoms with Gasteiger partial charge in [-0.05, 0) is 6.58 Å². The van der Waals surface area contributed by atoms with Crippen LogP contribution in [0.4, 0.5) is 123 Å². The molecule has 0 saturated carbocycles. The maximum Gasteiger partial charge on any atom is 1.00 e. The standard InChI is InChI=1S/C10H4F18O2.C5H4F8O.C2H2F2.K.H2O/c11-2(12)5(16,17)7(20,21)4(14,15)1-29-6(18,19)3(13)30-10(27,28)8(22,23)9(24,25)26;6-2(7)4(10,11)5(12,13)3(8,9)1-14;1-2(3)4;;/h2-3H,1H2;2,14H,1H2;1H2;;1H2/q;;;+1;/p-1. The summed E-state index contributed by atoms with van der Waals surface area (Å²) in [5.74, 6) is -46.2. The number of rotatable bonds is 14. The van der Waals surface area contributed by atoms with Crippen LogP contribution in [0.1, 0.15) is 0 Å². The molecule has 1 unspecified atom stereocenters. The largest absolute Gasteiger partial charge is 1.00 e. The molecule has 50 heavy (non-hydrogen) atoms. The van der Waals surface area contributed by atoms with E-state index in [-0.39, 0.29) is 56.9 Å². The Morgan fingerprint density at radius 2 is 0.840 bits per heavy atom. The number of hydrogen-bond acceptors (Lipinski definition) is 4. The van der Waals surface area contributed by atoms with Crippen molar-refractivity contribution in [3.8, 4) is 0 Å². The zero-order chi connectivity index (χ0) is 40.1. The molecule has 0 bridgehead atoms. The molecular weight excluding hydrogens is 839 g/mol. The van der Waals surface area contributed by atoms with E-state index in [0.717, 1.165) is 0 Å². The van der Waals surface area contributed by atoms with Gasteiger partial charge >= 0.3 is 124 Å².